The molecule has 2 aromatic rings. The molecule has 7 heteroatoms. The fraction of sp³-hybridized carbons (Fsp3) is 0.214. The van der Waals surface area contributed by atoms with Gasteiger partial charge in [0.15, 0.2) is 5.82 Å². The summed E-state index contributed by atoms with van der Waals surface area (Å²) in [6, 6.07) is 6.21. The quantitative estimate of drug-likeness (QED) is 0.791. The number of carboxylic acids is 1. The van der Waals surface area contributed by atoms with Crippen molar-refractivity contribution in [1.82, 2.24) is 14.8 Å². The molecular formula is C14H14N4O3. The summed E-state index contributed by atoms with van der Waals surface area (Å²) in [7, 11) is 0. The molecule has 0 aliphatic carbocycles. The largest absolute Gasteiger partial charge is 0.508 e. The van der Waals surface area contributed by atoms with E-state index in [9.17, 15) is 15.0 Å². The maximum Gasteiger partial charge on any atom is 0.352 e. The number of phenols is 1. The summed E-state index contributed by atoms with van der Waals surface area (Å²) in [4.78, 5) is 15.5. The molecule has 2 heterocycles. The summed E-state index contributed by atoms with van der Waals surface area (Å²) in [5, 5.41) is 25.7. The van der Waals surface area contributed by atoms with Crippen LogP contribution in [0.15, 0.2) is 36.0 Å². The highest BCUT2D eigenvalue weighted by Gasteiger charge is 2.26. The van der Waals surface area contributed by atoms with Crippen molar-refractivity contribution in [1.29, 1.82) is 0 Å². The van der Waals surface area contributed by atoms with Crippen molar-refractivity contribution < 1.29 is 15.0 Å². The van der Waals surface area contributed by atoms with Gasteiger partial charge in [0, 0.05) is 6.42 Å². The van der Waals surface area contributed by atoms with Gasteiger partial charge in [-0.1, -0.05) is 19.1 Å². The van der Waals surface area contributed by atoms with E-state index in [4.69, 9.17) is 0 Å². The number of phenolic OH excluding ortho intramolecular Hbond substituents is 1. The molecule has 0 saturated carbocycles. The van der Waals surface area contributed by atoms with Crippen LogP contribution in [0.1, 0.15) is 24.4 Å². The Morgan fingerprint density at radius 1 is 1.38 bits per heavy atom. The Labute approximate surface area is 120 Å². The molecule has 0 bridgehead atoms. The number of fused-ring (bicyclic) bond motifs is 1. The van der Waals surface area contributed by atoms with Crippen molar-refractivity contribution in [3.05, 3.63) is 47.4 Å². The molecule has 0 radical (unpaired) electrons. The third-order valence-electron chi connectivity index (χ3n) is 3.29. The number of nitrogens with one attached hydrogen (secondary N) is 1. The maximum absolute atomic E-state index is 11.2. The number of hydrogen-bond donors (Lipinski definition) is 3. The van der Waals surface area contributed by atoms with E-state index in [-0.39, 0.29) is 17.5 Å². The number of aryl methyl sites for hydroxylation is 1. The second-order valence-corrected chi connectivity index (χ2v) is 4.70. The van der Waals surface area contributed by atoms with Crippen molar-refractivity contribution in [2.75, 3.05) is 5.32 Å². The monoisotopic (exact) mass is 286 g/mol. The predicted molar refractivity (Wildman–Crippen MR) is 75.0 cm³/mol. The minimum absolute atomic E-state index is 0.0654. The highest BCUT2D eigenvalue weighted by atomic mass is 16.4. The van der Waals surface area contributed by atoms with Gasteiger partial charge in [0.05, 0.1) is 0 Å². The average molecular weight is 286 g/mol. The molecule has 1 aliphatic heterocycles. The molecule has 3 N–H and O–H groups in total. The number of carbonyl (C=O) groups is 1. The number of nitrogens with zero attached hydrogens (tertiary/aromatic N) is 3. The van der Waals surface area contributed by atoms with Crippen LogP contribution in [0.3, 0.4) is 0 Å². The Hall–Kier alpha value is -2.83. The first-order valence-corrected chi connectivity index (χ1v) is 6.55. The first-order valence-electron chi connectivity index (χ1n) is 6.55. The molecule has 0 saturated heterocycles. The Morgan fingerprint density at radius 3 is 2.71 bits per heavy atom. The summed E-state index contributed by atoms with van der Waals surface area (Å²) in [5.41, 5.74) is 0.887. The Balaban J connectivity index is 2.10. The van der Waals surface area contributed by atoms with Crippen LogP contribution in [0.4, 0.5) is 5.95 Å². The molecule has 3 rings (SSSR count). The van der Waals surface area contributed by atoms with E-state index in [2.05, 4.69) is 15.4 Å². The molecule has 0 fully saturated rings. The smallest absolute Gasteiger partial charge is 0.352 e. The highest BCUT2D eigenvalue weighted by Crippen LogP contribution is 2.29. The van der Waals surface area contributed by atoms with Gasteiger partial charge in [0.25, 0.3) is 0 Å². The summed E-state index contributed by atoms with van der Waals surface area (Å²) >= 11 is 0. The van der Waals surface area contributed by atoms with Gasteiger partial charge < -0.3 is 15.5 Å². The van der Waals surface area contributed by atoms with E-state index in [1.807, 2.05) is 6.92 Å². The number of carboxylic acid groups (broad SMARTS) is 1. The van der Waals surface area contributed by atoms with Crippen LogP contribution in [0.5, 0.6) is 5.75 Å². The summed E-state index contributed by atoms with van der Waals surface area (Å²) in [6.45, 7) is 1.93. The number of aromatic hydroxyl groups is 1. The van der Waals surface area contributed by atoms with Crippen LogP contribution in [-0.4, -0.2) is 30.9 Å². The van der Waals surface area contributed by atoms with Gasteiger partial charge in [-0.15, -0.1) is 0 Å². The van der Waals surface area contributed by atoms with Gasteiger partial charge in [0.2, 0.25) is 5.95 Å². The molecular weight excluding hydrogens is 272 g/mol. The first kappa shape index (κ1) is 13.2. The van der Waals surface area contributed by atoms with Gasteiger partial charge in [0.1, 0.15) is 17.5 Å². The number of anilines is 1. The predicted octanol–water partition coefficient (Wildman–Crippen LogP) is 1.53. The minimum atomic E-state index is -1.05. The lowest BCUT2D eigenvalue weighted by Crippen LogP contribution is -2.24. The number of aliphatic carboxylic acids is 1. The van der Waals surface area contributed by atoms with Crippen LogP contribution in [0.2, 0.25) is 0 Å². The van der Waals surface area contributed by atoms with Gasteiger partial charge in [-0.3, -0.25) is 0 Å². The first-order chi connectivity index (χ1) is 10.1. The Morgan fingerprint density at radius 2 is 2.10 bits per heavy atom. The second kappa shape index (κ2) is 4.93. The summed E-state index contributed by atoms with van der Waals surface area (Å²) in [6.07, 6.45) is 2.24. The number of hydrogen-bond acceptors (Lipinski definition) is 5. The van der Waals surface area contributed by atoms with E-state index < -0.39 is 5.97 Å². The average Bonchev–Trinajstić information content (AvgIpc) is 2.90. The SMILES string of the molecule is CCc1nc2n(n1)[C@H](c1ccc(O)cc1)C=C(C(=O)O)N2. The third kappa shape index (κ3) is 2.33. The van der Waals surface area contributed by atoms with Crippen molar-refractivity contribution in [3.63, 3.8) is 0 Å². The number of allylic oxidation sites excluding steroid dienone is 1. The van der Waals surface area contributed by atoms with Crippen molar-refractivity contribution in [2.24, 2.45) is 0 Å². The Kier molecular flexibility index (Phi) is 3.09. The zero-order valence-electron chi connectivity index (χ0n) is 11.3. The van der Waals surface area contributed by atoms with E-state index in [0.717, 1.165) is 5.56 Å². The summed E-state index contributed by atoms with van der Waals surface area (Å²) in [5.74, 6) is 0.153. The molecule has 0 spiro atoms. The number of benzene rings is 1. The highest BCUT2D eigenvalue weighted by molar-refractivity contribution is 5.90. The lowest BCUT2D eigenvalue weighted by atomic mass is 10.0. The molecule has 1 aromatic carbocycles. The number of rotatable bonds is 3. The topological polar surface area (TPSA) is 100 Å². The molecule has 0 unspecified atom stereocenters. The van der Waals surface area contributed by atoms with E-state index >= 15 is 0 Å². The van der Waals surface area contributed by atoms with E-state index in [1.54, 1.807) is 35.0 Å². The molecule has 7 nitrogen and oxygen atoms in total. The standard InChI is InChI=1S/C14H14N4O3/c1-2-12-16-14-15-10(13(20)21)7-11(18(14)17-12)8-3-5-9(19)6-4-8/h3-7,11,19H,2H2,1H3,(H,20,21)(H,15,16,17)/t11-/m0/s1. The maximum atomic E-state index is 11.2. The molecule has 1 aliphatic rings. The normalized spacial score (nSPS) is 16.8. The molecule has 1 atom stereocenters. The van der Waals surface area contributed by atoms with Gasteiger partial charge >= 0.3 is 5.97 Å². The van der Waals surface area contributed by atoms with E-state index in [0.29, 0.717) is 18.2 Å². The fourth-order valence-electron chi connectivity index (χ4n) is 2.22. The molecule has 21 heavy (non-hydrogen) atoms. The zero-order chi connectivity index (χ0) is 15.0. The van der Waals surface area contributed by atoms with E-state index in [1.165, 1.54) is 0 Å². The molecule has 1 aromatic heterocycles. The van der Waals surface area contributed by atoms with Crippen LogP contribution in [0, 0.1) is 0 Å². The van der Waals surface area contributed by atoms with Crippen LogP contribution >= 0.6 is 0 Å². The lowest BCUT2D eigenvalue weighted by molar-refractivity contribution is -0.132. The van der Waals surface area contributed by atoms with Crippen molar-refractivity contribution >= 4 is 11.9 Å². The van der Waals surface area contributed by atoms with Crippen molar-refractivity contribution in [3.8, 4) is 5.75 Å². The van der Waals surface area contributed by atoms with Gasteiger partial charge in [-0.2, -0.15) is 10.1 Å². The summed E-state index contributed by atoms with van der Waals surface area (Å²) < 4.78 is 1.65. The van der Waals surface area contributed by atoms with Crippen LogP contribution in [0.25, 0.3) is 0 Å². The fourth-order valence-corrected chi connectivity index (χ4v) is 2.22. The molecule has 0 amide bonds. The van der Waals surface area contributed by atoms with Crippen LogP contribution in [-0.2, 0) is 11.2 Å². The van der Waals surface area contributed by atoms with Gasteiger partial charge in [-0.25, -0.2) is 9.48 Å². The van der Waals surface area contributed by atoms with Gasteiger partial charge in [-0.05, 0) is 23.8 Å². The molecule has 108 valence electrons. The second-order valence-electron chi connectivity index (χ2n) is 4.70. The number of aromatic nitrogens is 3. The van der Waals surface area contributed by atoms with Crippen molar-refractivity contribution in [2.45, 2.75) is 19.4 Å². The minimum Gasteiger partial charge on any atom is -0.508 e. The third-order valence-corrected chi connectivity index (χ3v) is 3.29. The lowest BCUT2D eigenvalue weighted by Gasteiger charge is -2.22. The Bertz CT molecular complexity index is 718. The van der Waals surface area contributed by atoms with Crippen LogP contribution < -0.4 is 5.32 Å². The zero-order valence-corrected chi connectivity index (χ0v) is 11.3.